The molecular formula is C15H13Cl2NO3. The van der Waals surface area contributed by atoms with Crippen molar-refractivity contribution in [2.45, 2.75) is 25.7 Å². The maximum atomic E-state index is 11.2. The number of carbonyl (C=O) groups is 1. The number of rotatable bonds is 2. The van der Waals surface area contributed by atoms with E-state index in [2.05, 4.69) is 5.16 Å². The number of carboxylic acid groups (broad SMARTS) is 1. The highest BCUT2D eigenvalue weighted by molar-refractivity contribution is 6.42. The fraction of sp³-hybridized carbons (Fsp3) is 0.333. The van der Waals surface area contributed by atoms with Gasteiger partial charge in [-0.05, 0) is 31.4 Å². The number of carboxylic acids is 1. The SMILES string of the molecule is O=C(O)C1CCCc2c(-c3ccc(Cl)c(Cl)c3)noc2C1. The molecule has 1 heterocycles. The zero-order valence-electron chi connectivity index (χ0n) is 11.1. The molecule has 1 aliphatic rings. The Morgan fingerprint density at radius 1 is 1.33 bits per heavy atom. The molecule has 1 aromatic carbocycles. The first-order valence-corrected chi connectivity index (χ1v) is 7.47. The van der Waals surface area contributed by atoms with Gasteiger partial charge in [-0.2, -0.15) is 0 Å². The van der Waals surface area contributed by atoms with Gasteiger partial charge in [-0.15, -0.1) is 0 Å². The molecule has 0 saturated carbocycles. The lowest BCUT2D eigenvalue weighted by atomic mass is 10.0. The molecule has 1 N–H and O–H groups in total. The number of benzene rings is 1. The molecule has 4 nitrogen and oxygen atoms in total. The lowest BCUT2D eigenvalue weighted by Gasteiger charge is -2.05. The van der Waals surface area contributed by atoms with Crippen LogP contribution < -0.4 is 0 Å². The van der Waals surface area contributed by atoms with Crippen LogP contribution in [0.1, 0.15) is 24.2 Å². The van der Waals surface area contributed by atoms with Gasteiger partial charge < -0.3 is 9.63 Å². The zero-order valence-corrected chi connectivity index (χ0v) is 12.6. The number of halogens is 2. The van der Waals surface area contributed by atoms with E-state index in [9.17, 15) is 9.90 Å². The van der Waals surface area contributed by atoms with E-state index in [0.29, 0.717) is 28.6 Å². The van der Waals surface area contributed by atoms with E-state index in [1.807, 2.05) is 6.07 Å². The van der Waals surface area contributed by atoms with E-state index in [0.717, 1.165) is 29.7 Å². The first-order chi connectivity index (χ1) is 10.1. The molecule has 1 atom stereocenters. The molecule has 6 heteroatoms. The summed E-state index contributed by atoms with van der Waals surface area (Å²) >= 11 is 12.0. The molecule has 0 spiro atoms. The number of hydrogen-bond acceptors (Lipinski definition) is 3. The topological polar surface area (TPSA) is 63.3 Å². The summed E-state index contributed by atoms with van der Waals surface area (Å²) in [6.07, 6.45) is 2.61. The smallest absolute Gasteiger partial charge is 0.306 e. The highest BCUT2D eigenvalue weighted by Gasteiger charge is 2.28. The maximum absolute atomic E-state index is 11.2. The fourth-order valence-corrected chi connectivity index (χ4v) is 2.99. The number of aliphatic carboxylic acids is 1. The summed E-state index contributed by atoms with van der Waals surface area (Å²) in [5.74, 6) is -0.517. The van der Waals surface area contributed by atoms with Gasteiger partial charge >= 0.3 is 5.97 Å². The summed E-state index contributed by atoms with van der Waals surface area (Å²) in [5, 5.41) is 14.2. The quantitative estimate of drug-likeness (QED) is 0.839. The summed E-state index contributed by atoms with van der Waals surface area (Å²) in [6, 6.07) is 5.31. The largest absolute Gasteiger partial charge is 0.481 e. The summed E-state index contributed by atoms with van der Waals surface area (Å²) in [6.45, 7) is 0. The van der Waals surface area contributed by atoms with E-state index >= 15 is 0 Å². The third-order valence-electron chi connectivity index (χ3n) is 3.82. The van der Waals surface area contributed by atoms with Crippen molar-refractivity contribution in [2.24, 2.45) is 5.92 Å². The number of aromatic nitrogens is 1. The second-order valence-electron chi connectivity index (χ2n) is 5.19. The highest BCUT2D eigenvalue weighted by Crippen LogP contribution is 2.34. The van der Waals surface area contributed by atoms with Gasteiger partial charge in [-0.1, -0.05) is 34.4 Å². The van der Waals surface area contributed by atoms with E-state index in [1.54, 1.807) is 12.1 Å². The molecule has 0 fully saturated rings. The summed E-state index contributed by atoms with van der Waals surface area (Å²) in [4.78, 5) is 11.2. The van der Waals surface area contributed by atoms with Gasteiger partial charge in [0.05, 0.1) is 16.0 Å². The Morgan fingerprint density at radius 3 is 2.86 bits per heavy atom. The molecule has 2 aromatic rings. The predicted molar refractivity (Wildman–Crippen MR) is 79.7 cm³/mol. The van der Waals surface area contributed by atoms with Crippen molar-refractivity contribution in [1.82, 2.24) is 5.16 Å². The highest BCUT2D eigenvalue weighted by atomic mass is 35.5. The molecule has 1 unspecified atom stereocenters. The molecule has 0 radical (unpaired) electrons. The second-order valence-corrected chi connectivity index (χ2v) is 6.01. The van der Waals surface area contributed by atoms with Crippen LogP contribution in [0.2, 0.25) is 10.0 Å². The van der Waals surface area contributed by atoms with Crippen molar-refractivity contribution in [1.29, 1.82) is 0 Å². The minimum Gasteiger partial charge on any atom is -0.481 e. The Hall–Kier alpha value is -1.52. The first-order valence-electron chi connectivity index (χ1n) is 6.72. The molecule has 1 aromatic heterocycles. The molecule has 0 aliphatic heterocycles. The Kier molecular flexibility index (Phi) is 3.91. The Morgan fingerprint density at radius 2 is 2.14 bits per heavy atom. The van der Waals surface area contributed by atoms with Gasteiger partial charge in [0.1, 0.15) is 11.5 Å². The summed E-state index contributed by atoms with van der Waals surface area (Å²) < 4.78 is 5.38. The van der Waals surface area contributed by atoms with Crippen molar-refractivity contribution in [3.8, 4) is 11.3 Å². The average molecular weight is 326 g/mol. The van der Waals surface area contributed by atoms with Crippen LogP contribution in [0.15, 0.2) is 22.7 Å². The molecule has 3 rings (SSSR count). The molecule has 0 saturated heterocycles. The standard InChI is InChI=1S/C15H13Cl2NO3/c16-11-5-4-8(6-12(11)17)14-10-3-1-2-9(15(19)20)7-13(10)21-18-14/h4-6,9H,1-3,7H2,(H,19,20). The van der Waals surface area contributed by atoms with E-state index < -0.39 is 11.9 Å². The lowest BCUT2D eigenvalue weighted by molar-refractivity contribution is -0.142. The van der Waals surface area contributed by atoms with E-state index in [1.165, 1.54) is 0 Å². The average Bonchev–Trinajstić information content (AvgIpc) is 2.71. The van der Waals surface area contributed by atoms with Crippen LogP contribution in [0.25, 0.3) is 11.3 Å². The van der Waals surface area contributed by atoms with Gasteiger partial charge in [0.25, 0.3) is 0 Å². The predicted octanol–water partition coefficient (Wildman–Crippen LogP) is 4.23. The summed E-state index contributed by atoms with van der Waals surface area (Å²) in [5.41, 5.74) is 2.55. The van der Waals surface area contributed by atoms with Crippen LogP contribution in [-0.4, -0.2) is 16.2 Å². The van der Waals surface area contributed by atoms with Crippen molar-refractivity contribution in [3.05, 3.63) is 39.6 Å². The van der Waals surface area contributed by atoms with Crippen LogP contribution in [0.4, 0.5) is 0 Å². The Labute approximate surface area is 131 Å². The van der Waals surface area contributed by atoms with Crippen LogP contribution in [0.3, 0.4) is 0 Å². The minimum atomic E-state index is -0.782. The van der Waals surface area contributed by atoms with Crippen molar-refractivity contribution < 1.29 is 14.4 Å². The third kappa shape index (κ3) is 2.78. The second kappa shape index (κ2) is 5.70. The Bertz CT molecular complexity index is 696. The molecule has 21 heavy (non-hydrogen) atoms. The van der Waals surface area contributed by atoms with Gasteiger partial charge in [0.2, 0.25) is 0 Å². The zero-order chi connectivity index (χ0) is 15.0. The van der Waals surface area contributed by atoms with Gasteiger partial charge in [0, 0.05) is 17.5 Å². The van der Waals surface area contributed by atoms with Crippen molar-refractivity contribution in [2.75, 3.05) is 0 Å². The number of hydrogen-bond donors (Lipinski definition) is 1. The normalized spacial score (nSPS) is 18.1. The summed E-state index contributed by atoms with van der Waals surface area (Å²) in [7, 11) is 0. The lowest BCUT2D eigenvalue weighted by Crippen LogP contribution is -2.15. The van der Waals surface area contributed by atoms with Gasteiger partial charge in [-0.3, -0.25) is 4.79 Å². The number of fused-ring (bicyclic) bond motifs is 1. The van der Waals surface area contributed by atoms with Crippen molar-refractivity contribution in [3.63, 3.8) is 0 Å². The first kappa shape index (κ1) is 14.4. The minimum absolute atomic E-state index is 0.388. The monoisotopic (exact) mass is 325 g/mol. The molecule has 0 bridgehead atoms. The molecule has 1 aliphatic carbocycles. The number of nitrogens with zero attached hydrogens (tertiary/aromatic N) is 1. The maximum Gasteiger partial charge on any atom is 0.306 e. The molecule has 0 amide bonds. The van der Waals surface area contributed by atoms with Gasteiger partial charge in [-0.25, -0.2) is 0 Å². The fourth-order valence-electron chi connectivity index (χ4n) is 2.69. The van der Waals surface area contributed by atoms with Crippen molar-refractivity contribution >= 4 is 29.2 Å². The molecular weight excluding hydrogens is 313 g/mol. The van der Waals surface area contributed by atoms with Crippen LogP contribution in [0.5, 0.6) is 0 Å². The van der Waals surface area contributed by atoms with Crippen LogP contribution >= 0.6 is 23.2 Å². The molecule has 110 valence electrons. The van der Waals surface area contributed by atoms with E-state index in [4.69, 9.17) is 27.7 Å². The van der Waals surface area contributed by atoms with Crippen LogP contribution in [0, 0.1) is 5.92 Å². The Balaban J connectivity index is 1.99. The van der Waals surface area contributed by atoms with E-state index in [-0.39, 0.29) is 0 Å². The third-order valence-corrected chi connectivity index (χ3v) is 4.56. The van der Waals surface area contributed by atoms with Crippen LogP contribution in [-0.2, 0) is 17.6 Å². The van der Waals surface area contributed by atoms with Gasteiger partial charge in [0.15, 0.2) is 0 Å².